The third-order valence-electron chi connectivity index (χ3n) is 2.78. The predicted octanol–water partition coefficient (Wildman–Crippen LogP) is 1.79. The van der Waals surface area contributed by atoms with Crippen molar-refractivity contribution in [3.8, 4) is 0 Å². The summed E-state index contributed by atoms with van der Waals surface area (Å²) in [7, 11) is 0. The first kappa shape index (κ1) is 13.4. The maximum Gasteiger partial charge on any atom is 0.405 e. The largest absolute Gasteiger partial charge is 0.405 e. The maximum atomic E-state index is 12.1. The van der Waals surface area contributed by atoms with Crippen LogP contribution in [0.15, 0.2) is 24.3 Å². The minimum absolute atomic E-state index is 0.152. The van der Waals surface area contributed by atoms with Crippen LogP contribution >= 0.6 is 0 Å². The monoisotopic (exact) mass is 272 g/mol. The number of hydrogen-bond acceptors (Lipinski definition) is 2. The zero-order valence-corrected chi connectivity index (χ0v) is 9.75. The summed E-state index contributed by atoms with van der Waals surface area (Å²) in [5.74, 6) is -2.06. The lowest BCUT2D eigenvalue weighted by Gasteiger charge is -2.24. The van der Waals surface area contributed by atoms with E-state index in [2.05, 4.69) is 5.32 Å². The lowest BCUT2D eigenvalue weighted by molar-refractivity contribution is -0.139. The van der Waals surface area contributed by atoms with Gasteiger partial charge < -0.3 is 10.6 Å². The summed E-state index contributed by atoms with van der Waals surface area (Å²) >= 11 is 0. The molecule has 1 aliphatic rings. The average Bonchev–Trinajstić information content (AvgIpc) is 2.34. The highest BCUT2D eigenvalue weighted by atomic mass is 19.4. The molecule has 1 atom stereocenters. The normalized spacial score (nSPS) is 18.5. The Morgan fingerprint density at radius 3 is 2.74 bits per heavy atom. The number of carbonyl (C=O) groups is 2. The van der Waals surface area contributed by atoms with E-state index in [-0.39, 0.29) is 12.3 Å². The fraction of sp³-hybridized carbons (Fsp3) is 0.333. The van der Waals surface area contributed by atoms with Crippen LogP contribution in [0.25, 0.3) is 0 Å². The van der Waals surface area contributed by atoms with Gasteiger partial charge in [0.2, 0.25) is 11.8 Å². The van der Waals surface area contributed by atoms with Crippen LogP contribution in [0.2, 0.25) is 0 Å². The van der Waals surface area contributed by atoms with Crippen LogP contribution in [0.5, 0.6) is 0 Å². The third-order valence-corrected chi connectivity index (χ3v) is 2.78. The molecular weight excluding hydrogens is 261 g/mol. The number of alkyl halides is 3. The van der Waals surface area contributed by atoms with Crippen molar-refractivity contribution < 1.29 is 22.8 Å². The molecule has 4 nitrogen and oxygen atoms in total. The van der Waals surface area contributed by atoms with E-state index in [1.165, 1.54) is 0 Å². The molecule has 2 N–H and O–H groups in total. The van der Waals surface area contributed by atoms with Gasteiger partial charge in [-0.05, 0) is 11.6 Å². The number of carbonyl (C=O) groups excluding carboxylic acids is 2. The number of benzene rings is 1. The Balaban J connectivity index is 2.16. The molecule has 19 heavy (non-hydrogen) atoms. The lowest BCUT2D eigenvalue weighted by Crippen LogP contribution is -2.39. The second kappa shape index (κ2) is 4.91. The Bertz CT molecular complexity index is 514. The van der Waals surface area contributed by atoms with Crippen LogP contribution in [0.3, 0.4) is 0 Å². The second-order valence-corrected chi connectivity index (χ2v) is 4.23. The van der Waals surface area contributed by atoms with Gasteiger partial charge in [0.1, 0.15) is 6.54 Å². The molecule has 0 aliphatic carbocycles. The zero-order valence-electron chi connectivity index (χ0n) is 9.75. The fourth-order valence-electron chi connectivity index (χ4n) is 1.96. The second-order valence-electron chi connectivity index (χ2n) is 4.23. The van der Waals surface area contributed by atoms with Crippen molar-refractivity contribution in [3.63, 3.8) is 0 Å². The summed E-state index contributed by atoms with van der Waals surface area (Å²) in [6.07, 6.45) is -4.62. The van der Waals surface area contributed by atoms with Crippen LogP contribution in [0.1, 0.15) is 17.9 Å². The Hall–Kier alpha value is -2.05. The average molecular weight is 272 g/mol. The molecule has 102 valence electrons. The molecule has 2 amide bonds. The molecule has 0 spiro atoms. The van der Waals surface area contributed by atoms with E-state index < -0.39 is 24.5 Å². The minimum atomic E-state index is -4.47. The first-order chi connectivity index (χ1) is 8.87. The van der Waals surface area contributed by atoms with Gasteiger partial charge in [0.25, 0.3) is 0 Å². The first-order valence-corrected chi connectivity index (χ1v) is 5.60. The van der Waals surface area contributed by atoms with Gasteiger partial charge in [-0.2, -0.15) is 13.2 Å². The van der Waals surface area contributed by atoms with Crippen LogP contribution in [-0.2, 0) is 9.59 Å². The topological polar surface area (TPSA) is 58.2 Å². The summed E-state index contributed by atoms with van der Waals surface area (Å²) in [5.41, 5.74) is 0.993. The highest BCUT2D eigenvalue weighted by Gasteiger charge is 2.33. The molecule has 0 bridgehead atoms. The summed E-state index contributed by atoms with van der Waals surface area (Å²) in [5, 5.41) is 4.39. The van der Waals surface area contributed by atoms with Gasteiger partial charge in [0.05, 0.1) is 5.92 Å². The summed E-state index contributed by atoms with van der Waals surface area (Å²) in [6, 6.07) is 6.57. The minimum Gasteiger partial charge on any atom is -0.346 e. The summed E-state index contributed by atoms with van der Waals surface area (Å²) < 4.78 is 36.2. The van der Waals surface area contributed by atoms with Gasteiger partial charge in [-0.1, -0.05) is 18.2 Å². The third kappa shape index (κ3) is 3.24. The van der Waals surface area contributed by atoms with E-state index in [9.17, 15) is 22.8 Å². The standard InChI is InChI=1S/C12H11F3N2O2/c13-12(14,15)6-16-11(19)8-5-10(18)17-9-4-2-1-3-7(8)9/h1-4,8H,5-6H2,(H,16,19)(H,17,18). The maximum absolute atomic E-state index is 12.1. The van der Waals surface area contributed by atoms with Gasteiger partial charge >= 0.3 is 6.18 Å². The van der Waals surface area contributed by atoms with Gasteiger partial charge in [-0.25, -0.2) is 0 Å². The number of rotatable bonds is 2. The number of nitrogens with one attached hydrogen (secondary N) is 2. The van der Waals surface area contributed by atoms with Crippen molar-refractivity contribution in [2.75, 3.05) is 11.9 Å². The number of fused-ring (bicyclic) bond motifs is 1. The van der Waals surface area contributed by atoms with Gasteiger partial charge in [-0.3, -0.25) is 9.59 Å². The molecule has 7 heteroatoms. The van der Waals surface area contributed by atoms with E-state index in [1.54, 1.807) is 24.3 Å². The molecule has 2 rings (SSSR count). The molecule has 0 fully saturated rings. The van der Waals surface area contributed by atoms with Crippen LogP contribution in [0, 0.1) is 0 Å². The lowest BCUT2D eigenvalue weighted by atomic mass is 9.90. The van der Waals surface area contributed by atoms with Crippen LogP contribution in [-0.4, -0.2) is 24.5 Å². The van der Waals surface area contributed by atoms with E-state index in [1.807, 2.05) is 5.32 Å². The van der Waals surface area contributed by atoms with Crippen LogP contribution < -0.4 is 10.6 Å². The van der Waals surface area contributed by atoms with Gasteiger partial charge in [0.15, 0.2) is 0 Å². The first-order valence-electron chi connectivity index (χ1n) is 5.60. The number of amides is 2. The number of para-hydroxylation sites is 1. The van der Waals surface area contributed by atoms with Crippen molar-refractivity contribution in [2.24, 2.45) is 0 Å². The Labute approximate surface area is 107 Å². The quantitative estimate of drug-likeness (QED) is 0.862. The van der Waals surface area contributed by atoms with Crippen molar-refractivity contribution in [3.05, 3.63) is 29.8 Å². The molecule has 0 saturated heterocycles. The molecule has 0 aromatic heterocycles. The Morgan fingerprint density at radius 2 is 2.05 bits per heavy atom. The zero-order chi connectivity index (χ0) is 14.0. The van der Waals surface area contributed by atoms with Crippen molar-refractivity contribution >= 4 is 17.5 Å². The molecule has 1 aromatic rings. The van der Waals surface area contributed by atoms with Crippen molar-refractivity contribution in [1.82, 2.24) is 5.32 Å². The van der Waals surface area contributed by atoms with E-state index in [0.717, 1.165) is 0 Å². The van der Waals surface area contributed by atoms with Crippen LogP contribution in [0.4, 0.5) is 18.9 Å². The van der Waals surface area contributed by atoms with Gasteiger partial charge in [-0.15, -0.1) is 0 Å². The number of halogens is 3. The molecule has 1 aromatic carbocycles. The molecule has 0 saturated carbocycles. The van der Waals surface area contributed by atoms with Crippen molar-refractivity contribution in [2.45, 2.75) is 18.5 Å². The number of hydrogen-bond donors (Lipinski definition) is 2. The molecule has 0 radical (unpaired) electrons. The smallest absolute Gasteiger partial charge is 0.346 e. The molecular formula is C12H11F3N2O2. The SMILES string of the molecule is O=C1CC(C(=O)NCC(F)(F)F)c2ccccc2N1. The number of anilines is 1. The van der Waals surface area contributed by atoms with E-state index in [0.29, 0.717) is 11.3 Å². The summed E-state index contributed by atoms with van der Waals surface area (Å²) in [6.45, 7) is -1.40. The molecule has 1 aliphatic heterocycles. The Kier molecular flexibility index (Phi) is 3.46. The highest BCUT2D eigenvalue weighted by Crippen LogP contribution is 2.32. The predicted molar refractivity (Wildman–Crippen MR) is 61.5 cm³/mol. The molecule has 1 heterocycles. The molecule has 1 unspecified atom stereocenters. The Morgan fingerprint density at radius 1 is 1.37 bits per heavy atom. The van der Waals surface area contributed by atoms with Gasteiger partial charge in [0, 0.05) is 12.1 Å². The fourth-order valence-corrected chi connectivity index (χ4v) is 1.96. The van der Waals surface area contributed by atoms with E-state index in [4.69, 9.17) is 0 Å². The highest BCUT2D eigenvalue weighted by molar-refractivity contribution is 6.01. The van der Waals surface area contributed by atoms with Crippen molar-refractivity contribution in [1.29, 1.82) is 0 Å². The summed E-state index contributed by atoms with van der Waals surface area (Å²) in [4.78, 5) is 23.2. The van der Waals surface area contributed by atoms with E-state index >= 15 is 0 Å².